The first-order valence-electron chi connectivity index (χ1n) is 22.2. The van der Waals surface area contributed by atoms with Gasteiger partial charge in [0.25, 0.3) is 0 Å². The van der Waals surface area contributed by atoms with Crippen LogP contribution in [0.4, 0.5) is 0 Å². The Balaban J connectivity index is 1.57. The Morgan fingerprint density at radius 2 is 1.37 bits per heavy atom. The molecule has 0 amide bonds. The lowest BCUT2D eigenvalue weighted by Crippen LogP contribution is -2.39. The molecule has 0 N–H and O–H groups in total. The first-order valence-corrected chi connectivity index (χ1v) is 23.1. The first-order chi connectivity index (χ1) is 25.2. The maximum atomic E-state index is 12.6. The topological polar surface area (TPSA) is 68.7 Å². The molecule has 52 heavy (non-hydrogen) atoms. The maximum absolute atomic E-state index is 12.6. The van der Waals surface area contributed by atoms with Crippen LogP contribution in [-0.2, 0) is 25.5 Å². The molecule has 0 spiro atoms. The van der Waals surface area contributed by atoms with Crippen LogP contribution in [-0.4, -0.2) is 54.2 Å². The van der Waals surface area contributed by atoms with E-state index >= 15 is 0 Å². The molecular weight excluding hydrogens is 665 g/mol. The standard InChI is InChI=1S/C45H82N2O4S/c1-6-8-16-24-40(25-17-9-7-2)30-36-50-43(48)27-18-12-10-14-21-33-47(35-23-20-26-42-46-32-37-52-42)34-22-15-11-13-19-28-44(49)51-41-38-39(3)29-31-45(41,4)5/h32,37,39-41H,6-31,33-36,38H2,1-5H3/t39?,41-/m1/s1. The fourth-order valence-corrected chi connectivity index (χ4v) is 8.47. The van der Waals surface area contributed by atoms with E-state index in [4.69, 9.17) is 9.47 Å². The number of thiazole rings is 1. The molecule has 1 saturated carbocycles. The second-order valence-electron chi connectivity index (χ2n) is 17.0. The van der Waals surface area contributed by atoms with Crippen molar-refractivity contribution in [3.63, 3.8) is 0 Å². The lowest BCUT2D eigenvalue weighted by molar-refractivity contribution is -0.159. The monoisotopic (exact) mass is 747 g/mol. The van der Waals surface area contributed by atoms with Crippen LogP contribution in [0, 0.1) is 17.3 Å². The van der Waals surface area contributed by atoms with E-state index in [0.717, 1.165) is 64.5 Å². The summed E-state index contributed by atoms with van der Waals surface area (Å²) >= 11 is 1.77. The summed E-state index contributed by atoms with van der Waals surface area (Å²) in [6.45, 7) is 15.4. The Kier molecular flexibility index (Phi) is 26.8. The summed E-state index contributed by atoms with van der Waals surface area (Å²) in [5, 5.41) is 3.33. The highest BCUT2D eigenvalue weighted by Crippen LogP contribution is 2.40. The number of carbonyl (C=O) groups excluding carboxylic acids is 2. The molecule has 1 aliphatic carbocycles. The average molecular weight is 747 g/mol. The van der Waals surface area contributed by atoms with Gasteiger partial charge < -0.3 is 14.4 Å². The van der Waals surface area contributed by atoms with Gasteiger partial charge in [-0.25, -0.2) is 4.98 Å². The van der Waals surface area contributed by atoms with Crippen LogP contribution >= 0.6 is 11.3 Å². The zero-order valence-electron chi connectivity index (χ0n) is 34.7. The summed E-state index contributed by atoms with van der Waals surface area (Å²) < 4.78 is 11.6. The van der Waals surface area contributed by atoms with Gasteiger partial charge in [-0.2, -0.15) is 0 Å². The van der Waals surface area contributed by atoms with Crippen molar-refractivity contribution < 1.29 is 19.1 Å². The van der Waals surface area contributed by atoms with Crippen LogP contribution in [0.3, 0.4) is 0 Å². The lowest BCUT2D eigenvalue weighted by atomic mass is 9.71. The minimum absolute atomic E-state index is 0.00266. The van der Waals surface area contributed by atoms with Gasteiger partial charge in [0.15, 0.2) is 0 Å². The molecule has 1 aromatic heterocycles. The quantitative estimate of drug-likeness (QED) is 0.0527. The minimum Gasteiger partial charge on any atom is -0.466 e. The lowest BCUT2D eigenvalue weighted by Gasteiger charge is -2.40. The summed E-state index contributed by atoms with van der Waals surface area (Å²) in [7, 11) is 0. The zero-order chi connectivity index (χ0) is 37.7. The molecule has 6 nitrogen and oxygen atoms in total. The van der Waals surface area contributed by atoms with Crippen molar-refractivity contribution in [1.29, 1.82) is 0 Å². The Labute approximate surface area is 325 Å². The maximum Gasteiger partial charge on any atom is 0.306 e. The van der Waals surface area contributed by atoms with Crippen LogP contribution in [0.2, 0.25) is 0 Å². The van der Waals surface area contributed by atoms with E-state index in [1.165, 1.54) is 121 Å². The number of nitrogens with zero attached hydrogens (tertiary/aromatic N) is 2. The molecule has 0 bridgehead atoms. The van der Waals surface area contributed by atoms with E-state index in [9.17, 15) is 9.59 Å². The number of esters is 2. The van der Waals surface area contributed by atoms with Gasteiger partial charge in [-0.1, -0.05) is 125 Å². The Hall–Kier alpha value is -1.47. The highest BCUT2D eigenvalue weighted by Gasteiger charge is 2.37. The van der Waals surface area contributed by atoms with Crippen LogP contribution in [0.5, 0.6) is 0 Å². The van der Waals surface area contributed by atoms with E-state index in [2.05, 4.69) is 49.9 Å². The Morgan fingerprint density at radius 3 is 1.96 bits per heavy atom. The van der Waals surface area contributed by atoms with Crippen molar-refractivity contribution in [2.45, 2.75) is 214 Å². The fraction of sp³-hybridized carbons (Fsp3) is 0.889. The fourth-order valence-electron chi connectivity index (χ4n) is 7.81. The molecule has 0 saturated heterocycles. The van der Waals surface area contributed by atoms with Crippen molar-refractivity contribution in [2.75, 3.05) is 26.2 Å². The van der Waals surface area contributed by atoms with Crippen molar-refractivity contribution >= 4 is 23.3 Å². The molecule has 7 heteroatoms. The molecule has 2 rings (SSSR count). The SMILES string of the molecule is CCCCCC(CCCCC)CCOC(=O)CCCCCCCN(CCCCCCCC(=O)O[C@@H]1CC(C)CCC1(C)C)CCCCc1nccs1. The van der Waals surface area contributed by atoms with Gasteiger partial charge >= 0.3 is 11.9 Å². The molecule has 1 aliphatic rings. The average Bonchev–Trinajstić information content (AvgIpc) is 3.64. The summed E-state index contributed by atoms with van der Waals surface area (Å²) in [6.07, 6.45) is 32.9. The summed E-state index contributed by atoms with van der Waals surface area (Å²) in [5.41, 5.74) is 0.106. The number of aryl methyl sites for hydroxylation is 1. The summed E-state index contributed by atoms with van der Waals surface area (Å²) in [6, 6.07) is 0. The number of hydrogen-bond acceptors (Lipinski definition) is 7. The molecule has 0 radical (unpaired) electrons. The summed E-state index contributed by atoms with van der Waals surface area (Å²) in [4.78, 5) is 32.1. The number of unbranched alkanes of at least 4 members (excludes halogenated alkanes) is 13. The van der Waals surface area contributed by atoms with Gasteiger partial charge in [0.05, 0.1) is 11.6 Å². The largest absolute Gasteiger partial charge is 0.466 e. The summed E-state index contributed by atoms with van der Waals surface area (Å²) in [5.74, 6) is 1.38. The molecule has 0 aliphatic heterocycles. The predicted molar refractivity (Wildman–Crippen MR) is 221 cm³/mol. The third-order valence-corrected chi connectivity index (χ3v) is 12.4. The molecule has 1 fully saturated rings. The number of rotatable bonds is 33. The van der Waals surface area contributed by atoms with Crippen LogP contribution in [0.15, 0.2) is 11.6 Å². The van der Waals surface area contributed by atoms with Gasteiger partial charge in [0, 0.05) is 29.8 Å². The van der Waals surface area contributed by atoms with E-state index in [1.807, 2.05) is 6.20 Å². The van der Waals surface area contributed by atoms with Gasteiger partial charge in [0.2, 0.25) is 0 Å². The zero-order valence-corrected chi connectivity index (χ0v) is 35.6. The van der Waals surface area contributed by atoms with E-state index in [0.29, 0.717) is 31.3 Å². The molecular formula is C45H82N2O4S. The third-order valence-electron chi connectivity index (χ3n) is 11.6. The van der Waals surface area contributed by atoms with E-state index < -0.39 is 0 Å². The normalized spacial score (nSPS) is 17.2. The molecule has 1 heterocycles. The van der Waals surface area contributed by atoms with E-state index in [-0.39, 0.29) is 23.5 Å². The molecule has 1 aromatic rings. The molecule has 2 atom stereocenters. The van der Waals surface area contributed by atoms with Crippen molar-refractivity contribution in [1.82, 2.24) is 9.88 Å². The predicted octanol–water partition coefficient (Wildman–Crippen LogP) is 12.9. The number of ether oxygens (including phenoxy) is 2. The van der Waals surface area contributed by atoms with Crippen LogP contribution < -0.4 is 0 Å². The van der Waals surface area contributed by atoms with Gasteiger partial charge in [-0.3, -0.25) is 9.59 Å². The Bertz CT molecular complexity index is 989. The number of aromatic nitrogens is 1. The van der Waals surface area contributed by atoms with Crippen LogP contribution in [0.1, 0.15) is 207 Å². The first kappa shape index (κ1) is 46.7. The molecule has 0 aromatic carbocycles. The van der Waals surface area contributed by atoms with Crippen molar-refractivity contribution in [2.24, 2.45) is 17.3 Å². The number of hydrogen-bond donors (Lipinski definition) is 0. The van der Waals surface area contributed by atoms with Crippen molar-refractivity contribution in [3.8, 4) is 0 Å². The highest BCUT2D eigenvalue weighted by atomic mass is 32.1. The second kappa shape index (κ2) is 29.8. The number of carbonyl (C=O) groups is 2. The third kappa shape index (κ3) is 23.3. The second-order valence-corrected chi connectivity index (χ2v) is 18.0. The molecule has 1 unspecified atom stereocenters. The minimum atomic E-state index is 0.00266. The van der Waals surface area contributed by atoms with Gasteiger partial charge in [-0.15, -0.1) is 11.3 Å². The smallest absolute Gasteiger partial charge is 0.306 e. The van der Waals surface area contributed by atoms with Gasteiger partial charge in [-0.05, 0) is 102 Å². The van der Waals surface area contributed by atoms with Crippen molar-refractivity contribution in [3.05, 3.63) is 16.6 Å². The van der Waals surface area contributed by atoms with E-state index in [1.54, 1.807) is 11.3 Å². The molecule has 302 valence electrons. The van der Waals surface area contributed by atoms with Crippen LogP contribution in [0.25, 0.3) is 0 Å². The highest BCUT2D eigenvalue weighted by molar-refractivity contribution is 7.09. The van der Waals surface area contributed by atoms with Gasteiger partial charge in [0.1, 0.15) is 6.10 Å². The Morgan fingerprint density at radius 1 is 0.788 bits per heavy atom.